The van der Waals surface area contributed by atoms with Crippen LogP contribution in [0, 0.1) is 5.82 Å². The number of nitrogens with zero attached hydrogens (tertiary/aromatic N) is 3. The number of halogens is 1. The van der Waals surface area contributed by atoms with Crippen LogP contribution in [0.15, 0.2) is 60.0 Å². The van der Waals surface area contributed by atoms with Crippen molar-refractivity contribution in [3.63, 3.8) is 0 Å². The molecule has 0 aliphatic rings. The van der Waals surface area contributed by atoms with Crippen LogP contribution >= 0.6 is 23.5 Å². The molecule has 1 heterocycles. The van der Waals surface area contributed by atoms with E-state index in [1.807, 2.05) is 23.7 Å². The lowest BCUT2D eigenvalue weighted by Gasteiger charge is -2.08. The smallest absolute Gasteiger partial charge is 0.269 e. The van der Waals surface area contributed by atoms with Crippen LogP contribution in [0.3, 0.4) is 0 Å². The van der Waals surface area contributed by atoms with Crippen molar-refractivity contribution in [1.29, 1.82) is 0 Å². The van der Waals surface area contributed by atoms with E-state index in [0.717, 1.165) is 16.3 Å². The molecule has 0 fully saturated rings. The van der Waals surface area contributed by atoms with Gasteiger partial charge in [-0.3, -0.25) is 20.4 Å². The number of aryl methyl sites for hydroxylation is 1. The molecule has 1 aromatic heterocycles. The Kier molecular flexibility index (Phi) is 7.86. The molecule has 7 nitrogen and oxygen atoms in total. The molecular weight excluding hydrogens is 425 g/mol. The number of hydrazine groups is 1. The number of hydrogen-bond donors (Lipinski definition) is 2. The minimum atomic E-state index is -0.389. The highest BCUT2D eigenvalue weighted by Crippen LogP contribution is 2.20. The van der Waals surface area contributed by atoms with E-state index in [0.29, 0.717) is 17.1 Å². The van der Waals surface area contributed by atoms with Crippen LogP contribution in [0.2, 0.25) is 0 Å². The van der Waals surface area contributed by atoms with Gasteiger partial charge in [0.1, 0.15) is 12.1 Å². The van der Waals surface area contributed by atoms with Gasteiger partial charge in [-0.15, -0.1) is 22.0 Å². The fourth-order valence-electron chi connectivity index (χ4n) is 2.38. The van der Waals surface area contributed by atoms with Gasteiger partial charge in [-0.05, 0) is 35.4 Å². The quantitative estimate of drug-likeness (QED) is 0.409. The van der Waals surface area contributed by atoms with Gasteiger partial charge >= 0.3 is 0 Å². The van der Waals surface area contributed by atoms with Gasteiger partial charge in [0.05, 0.1) is 5.75 Å². The second-order valence-electron chi connectivity index (χ2n) is 6.33. The summed E-state index contributed by atoms with van der Waals surface area (Å²) in [7, 11) is 1.88. The second-order valence-corrected chi connectivity index (χ2v) is 8.26. The van der Waals surface area contributed by atoms with Crippen LogP contribution in [0.4, 0.5) is 4.39 Å². The number of carbonyl (C=O) groups is 2. The number of hydrogen-bond acceptors (Lipinski definition) is 6. The molecular formula is C20H20FN5O2S2. The molecule has 10 heteroatoms. The maximum Gasteiger partial charge on any atom is 0.269 e. The molecule has 2 N–H and O–H groups in total. The number of nitrogens with one attached hydrogen (secondary N) is 2. The van der Waals surface area contributed by atoms with E-state index in [9.17, 15) is 14.0 Å². The van der Waals surface area contributed by atoms with Crippen LogP contribution in [0.1, 0.15) is 21.5 Å². The zero-order valence-corrected chi connectivity index (χ0v) is 17.8. The normalized spacial score (nSPS) is 10.6. The molecule has 0 aliphatic carbocycles. The molecule has 0 bridgehead atoms. The largest absolute Gasteiger partial charge is 0.312 e. The Hall–Kier alpha value is -2.85. The summed E-state index contributed by atoms with van der Waals surface area (Å²) in [6, 6.07) is 13.3. The van der Waals surface area contributed by atoms with E-state index in [4.69, 9.17) is 0 Å². The topological polar surface area (TPSA) is 88.9 Å². The summed E-state index contributed by atoms with van der Waals surface area (Å²) in [6.45, 7) is 0. The summed E-state index contributed by atoms with van der Waals surface area (Å²) in [4.78, 5) is 24.1. The van der Waals surface area contributed by atoms with Crippen molar-refractivity contribution >= 4 is 35.3 Å². The van der Waals surface area contributed by atoms with E-state index in [1.54, 1.807) is 42.4 Å². The third-order valence-electron chi connectivity index (χ3n) is 3.98. The lowest BCUT2D eigenvalue weighted by atomic mass is 10.1. The van der Waals surface area contributed by atoms with Crippen molar-refractivity contribution in [2.24, 2.45) is 7.05 Å². The highest BCUT2D eigenvalue weighted by molar-refractivity contribution is 7.99. The third-order valence-corrected chi connectivity index (χ3v) is 6.09. The SMILES string of the molecule is Cn1cnnc1SCc1ccc(C(=O)NNC(=O)CSCc2ccc(F)cc2)cc1. The van der Waals surface area contributed by atoms with E-state index in [-0.39, 0.29) is 23.4 Å². The maximum absolute atomic E-state index is 12.9. The van der Waals surface area contributed by atoms with Gasteiger partial charge in [0.25, 0.3) is 5.91 Å². The molecule has 3 aromatic rings. The first-order valence-corrected chi connectivity index (χ1v) is 11.1. The van der Waals surface area contributed by atoms with Crippen LogP contribution in [0.5, 0.6) is 0 Å². The molecule has 0 aliphatic heterocycles. The highest BCUT2D eigenvalue weighted by Gasteiger charge is 2.09. The monoisotopic (exact) mass is 445 g/mol. The molecule has 0 atom stereocenters. The Morgan fingerprint density at radius 1 is 1.00 bits per heavy atom. The summed E-state index contributed by atoms with van der Waals surface area (Å²) in [5.41, 5.74) is 7.22. The standard InChI is InChI=1S/C20H20FN5O2S2/c1-26-13-22-25-20(26)30-11-15-2-6-16(7-3-15)19(28)24-23-18(27)12-29-10-14-4-8-17(21)9-5-14/h2-9,13H,10-12H2,1H3,(H,23,27)(H,24,28). The van der Waals surface area contributed by atoms with Crippen LogP contribution in [-0.4, -0.2) is 32.3 Å². The van der Waals surface area contributed by atoms with Gasteiger partial charge in [0, 0.05) is 24.1 Å². The molecule has 3 rings (SSSR count). The Morgan fingerprint density at radius 3 is 2.33 bits per heavy atom. The van der Waals surface area contributed by atoms with Gasteiger partial charge < -0.3 is 4.57 Å². The van der Waals surface area contributed by atoms with Crippen LogP contribution in [0.25, 0.3) is 0 Å². The average Bonchev–Trinajstić information content (AvgIpc) is 3.17. The van der Waals surface area contributed by atoms with Gasteiger partial charge in [0.2, 0.25) is 5.91 Å². The number of rotatable bonds is 8. The Balaban J connectivity index is 1.38. The Morgan fingerprint density at radius 2 is 1.67 bits per heavy atom. The molecule has 2 amide bonds. The summed E-state index contributed by atoms with van der Waals surface area (Å²) in [5, 5.41) is 8.66. The fraction of sp³-hybridized carbons (Fsp3) is 0.200. The van der Waals surface area contributed by atoms with Crippen molar-refractivity contribution in [2.75, 3.05) is 5.75 Å². The van der Waals surface area contributed by atoms with Crippen molar-refractivity contribution in [1.82, 2.24) is 25.6 Å². The van der Waals surface area contributed by atoms with Gasteiger partial charge in [-0.25, -0.2) is 4.39 Å². The van der Waals surface area contributed by atoms with Gasteiger partial charge in [-0.2, -0.15) is 0 Å². The van der Waals surface area contributed by atoms with E-state index in [1.165, 1.54) is 23.9 Å². The summed E-state index contributed by atoms with van der Waals surface area (Å²) < 4.78 is 14.7. The average molecular weight is 446 g/mol. The molecule has 0 saturated heterocycles. The molecule has 0 saturated carbocycles. The molecule has 2 aromatic carbocycles. The fourth-order valence-corrected chi connectivity index (χ4v) is 4.01. The minimum absolute atomic E-state index is 0.176. The lowest BCUT2D eigenvalue weighted by Crippen LogP contribution is -2.42. The maximum atomic E-state index is 12.9. The Bertz CT molecular complexity index is 993. The van der Waals surface area contributed by atoms with Crippen molar-refractivity contribution in [3.8, 4) is 0 Å². The number of benzene rings is 2. The van der Waals surface area contributed by atoms with Crippen molar-refractivity contribution in [3.05, 3.63) is 77.4 Å². The first kappa shape index (κ1) is 21.8. The Labute approximate surface area is 181 Å². The summed E-state index contributed by atoms with van der Waals surface area (Å²) in [5.74, 6) is 0.467. The minimum Gasteiger partial charge on any atom is -0.312 e. The van der Waals surface area contributed by atoms with E-state index >= 15 is 0 Å². The summed E-state index contributed by atoms with van der Waals surface area (Å²) >= 11 is 2.93. The number of aromatic nitrogens is 3. The first-order chi connectivity index (χ1) is 14.5. The van der Waals surface area contributed by atoms with Crippen LogP contribution < -0.4 is 10.9 Å². The molecule has 0 unspecified atom stereocenters. The zero-order chi connectivity index (χ0) is 21.3. The summed E-state index contributed by atoms with van der Waals surface area (Å²) in [6.07, 6.45) is 1.64. The third kappa shape index (κ3) is 6.60. The predicted molar refractivity (Wildman–Crippen MR) is 115 cm³/mol. The molecule has 0 spiro atoms. The molecule has 156 valence electrons. The molecule has 30 heavy (non-hydrogen) atoms. The van der Waals surface area contributed by atoms with Crippen molar-refractivity contribution < 1.29 is 14.0 Å². The second kappa shape index (κ2) is 10.8. The first-order valence-electron chi connectivity index (χ1n) is 8.98. The van der Waals surface area contributed by atoms with E-state index in [2.05, 4.69) is 21.0 Å². The van der Waals surface area contributed by atoms with Crippen LogP contribution in [-0.2, 0) is 23.3 Å². The predicted octanol–water partition coefficient (Wildman–Crippen LogP) is 2.94. The number of amides is 2. The number of thioether (sulfide) groups is 2. The number of carbonyl (C=O) groups excluding carboxylic acids is 2. The van der Waals surface area contributed by atoms with Gasteiger partial charge in [0.15, 0.2) is 5.16 Å². The van der Waals surface area contributed by atoms with E-state index < -0.39 is 0 Å². The zero-order valence-electron chi connectivity index (χ0n) is 16.2. The molecule has 0 radical (unpaired) electrons. The lowest BCUT2D eigenvalue weighted by molar-refractivity contribution is -0.119. The van der Waals surface area contributed by atoms with Gasteiger partial charge in [-0.1, -0.05) is 36.0 Å². The highest BCUT2D eigenvalue weighted by atomic mass is 32.2. The van der Waals surface area contributed by atoms with Crippen molar-refractivity contribution in [2.45, 2.75) is 16.7 Å².